The molecule has 100 valence electrons. The number of oxazole rings is 1. The van der Waals surface area contributed by atoms with Gasteiger partial charge in [0.05, 0.1) is 6.20 Å². The summed E-state index contributed by atoms with van der Waals surface area (Å²) in [5.41, 5.74) is 9.59. The van der Waals surface area contributed by atoms with E-state index in [1.807, 2.05) is 42.5 Å². The Morgan fingerprint density at radius 2 is 1.90 bits per heavy atom. The fourth-order valence-electron chi connectivity index (χ4n) is 1.96. The molecule has 4 nitrogen and oxygen atoms in total. The lowest BCUT2D eigenvalue weighted by Crippen LogP contribution is -2.20. The first-order valence-corrected chi connectivity index (χ1v) is 6.43. The Balaban J connectivity index is 1.62. The van der Waals surface area contributed by atoms with Crippen molar-refractivity contribution in [2.45, 2.75) is 6.54 Å². The fourth-order valence-corrected chi connectivity index (χ4v) is 1.96. The van der Waals surface area contributed by atoms with Gasteiger partial charge in [0.1, 0.15) is 0 Å². The van der Waals surface area contributed by atoms with Crippen molar-refractivity contribution in [1.29, 1.82) is 0 Å². The number of hydrazine groups is 1. The molecule has 0 saturated carbocycles. The first kappa shape index (κ1) is 12.4. The molecule has 2 aromatic carbocycles. The summed E-state index contributed by atoms with van der Waals surface area (Å²) in [7, 11) is 0. The summed E-state index contributed by atoms with van der Waals surface area (Å²) >= 11 is 0. The molecule has 0 aliphatic rings. The second kappa shape index (κ2) is 6.04. The number of nitrogens with one attached hydrogen (secondary N) is 2. The largest absolute Gasteiger partial charge is 0.444 e. The van der Waals surface area contributed by atoms with Crippen LogP contribution in [0.4, 0.5) is 5.69 Å². The number of anilines is 1. The highest BCUT2D eigenvalue weighted by Gasteiger charge is 2.02. The van der Waals surface area contributed by atoms with Crippen molar-refractivity contribution in [3.63, 3.8) is 0 Å². The van der Waals surface area contributed by atoms with Crippen LogP contribution in [0.25, 0.3) is 11.3 Å². The van der Waals surface area contributed by atoms with E-state index in [-0.39, 0.29) is 0 Å². The molecule has 0 spiro atoms. The van der Waals surface area contributed by atoms with Crippen LogP contribution in [-0.2, 0) is 6.54 Å². The predicted molar refractivity (Wildman–Crippen MR) is 78.8 cm³/mol. The van der Waals surface area contributed by atoms with E-state index in [4.69, 9.17) is 4.42 Å². The molecule has 0 amide bonds. The third kappa shape index (κ3) is 3.05. The van der Waals surface area contributed by atoms with Gasteiger partial charge >= 0.3 is 0 Å². The number of hydrogen-bond donors (Lipinski definition) is 2. The van der Waals surface area contributed by atoms with Crippen LogP contribution in [0, 0.1) is 0 Å². The van der Waals surface area contributed by atoms with Crippen LogP contribution >= 0.6 is 0 Å². The van der Waals surface area contributed by atoms with E-state index in [1.165, 1.54) is 12.0 Å². The Kier molecular flexibility index (Phi) is 3.76. The summed E-state index contributed by atoms with van der Waals surface area (Å²) in [6.07, 6.45) is 3.16. The summed E-state index contributed by atoms with van der Waals surface area (Å²) in [5.74, 6) is 0.780. The molecular formula is C16H15N3O. The van der Waals surface area contributed by atoms with Gasteiger partial charge in [-0.1, -0.05) is 36.4 Å². The molecule has 4 heteroatoms. The minimum absolute atomic E-state index is 0.719. The maximum atomic E-state index is 5.30. The SMILES string of the molecule is c1ccc(NNCc2cccc(-c3cnco3)c2)cc1. The maximum Gasteiger partial charge on any atom is 0.181 e. The standard InChI is InChI=1S/C16H15N3O/c1-2-7-15(8-3-1)19-18-10-13-5-4-6-14(9-13)16-11-17-12-20-16/h1-9,11-12,18-19H,10H2. The lowest BCUT2D eigenvalue weighted by Gasteiger charge is -2.08. The number of benzene rings is 2. The smallest absolute Gasteiger partial charge is 0.181 e. The first-order chi connectivity index (χ1) is 9.92. The van der Waals surface area contributed by atoms with Crippen molar-refractivity contribution in [3.8, 4) is 11.3 Å². The van der Waals surface area contributed by atoms with Crippen molar-refractivity contribution >= 4 is 5.69 Å². The molecule has 0 aliphatic heterocycles. The molecule has 0 unspecified atom stereocenters. The molecule has 1 heterocycles. The Morgan fingerprint density at radius 1 is 1.00 bits per heavy atom. The third-order valence-electron chi connectivity index (χ3n) is 2.94. The van der Waals surface area contributed by atoms with Crippen molar-refractivity contribution in [2.75, 3.05) is 5.43 Å². The van der Waals surface area contributed by atoms with E-state index in [1.54, 1.807) is 6.20 Å². The molecule has 3 aromatic rings. The zero-order chi connectivity index (χ0) is 13.6. The highest BCUT2D eigenvalue weighted by Crippen LogP contribution is 2.19. The van der Waals surface area contributed by atoms with Gasteiger partial charge in [-0.3, -0.25) is 0 Å². The maximum absolute atomic E-state index is 5.30. The van der Waals surface area contributed by atoms with Crippen LogP contribution in [0.1, 0.15) is 5.56 Å². The number of nitrogens with zero attached hydrogens (tertiary/aromatic N) is 1. The zero-order valence-corrected chi connectivity index (χ0v) is 10.9. The highest BCUT2D eigenvalue weighted by molar-refractivity contribution is 5.57. The normalized spacial score (nSPS) is 10.4. The molecule has 3 rings (SSSR count). The summed E-state index contributed by atoms with van der Waals surface area (Å²) < 4.78 is 5.30. The van der Waals surface area contributed by atoms with Crippen LogP contribution in [0.15, 0.2) is 71.6 Å². The minimum Gasteiger partial charge on any atom is -0.444 e. The molecule has 20 heavy (non-hydrogen) atoms. The Hall–Kier alpha value is -2.59. The fraction of sp³-hybridized carbons (Fsp3) is 0.0625. The molecule has 2 N–H and O–H groups in total. The first-order valence-electron chi connectivity index (χ1n) is 6.43. The van der Waals surface area contributed by atoms with Gasteiger partial charge in [0.15, 0.2) is 12.2 Å². The summed E-state index contributed by atoms with van der Waals surface area (Å²) in [6, 6.07) is 18.2. The van der Waals surface area contributed by atoms with Gasteiger partial charge in [-0.25, -0.2) is 10.4 Å². The predicted octanol–water partition coefficient (Wildman–Crippen LogP) is 3.46. The van der Waals surface area contributed by atoms with E-state index in [0.29, 0.717) is 0 Å². The van der Waals surface area contributed by atoms with E-state index in [0.717, 1.165) is 23.6 Å². The van der Waals surface area contributed by atoms with E-state index in [2.05, 4.69) is 28.0 Å². The third-order valence-corrected chi connectivity index (χ3v) is 2.94. The zero-order valence-electron chi connectivity index (χ0n) is 10.9. The lowest BCUT2D eigenvalue weighted by molar-refractivity contribution is 0.572. The van der Waals surface area contributed by atoms with Crippen molar-refractivity contribution in [1.82, 2.24) is 10.4 Å². The average molecular weight is 265 g/mol. The van der Waals surface area contributed by atoms with E-state index >= 15 is 0 Å². The second-order valence-corrected chi connectivity index (χ2v) is 4.41. The van der Waals surface area contributed by atoms with Crippen LogP contribution in [0.5, 0.6) is 0 Å². The van der Waals surface area contributed by atoms with Crippen LogP contribution in [-0.4, -0.2) is 4.98 Å². The van der Waals surface area contributed by atoms with Crippen LogP contribution in [0.2, 0.25) is 0 Å². The van der Waals surface area contributed by atoms with E-state index < -0.39 is 0 Å². The Morgan fingerprint density at radius 3 is 2.70 bits per heavy atom. The Bertz CT molecular complexity index is 651. The molecule has 0 fully saturated rings. The lowest BCUT2D eigenvalue weighted by atomic mass is 10.1. The van der Waals surface area contributed by atoms with Gasteiger partial charge in [-0.2, -0.15) is 0 Å². The molecular weight excluding hydrogens is 250 g/mol. The van der Waals surface area contributed by atoms with Crippen molar-refractivity contribution in [2.24, 2.45) is 0 Å². The summed E-state index contributed by atoms with van der Waals surface area (Å²) in [5, 5.41) is 0. The van der Waals surface area contributed by atoms with Crippen molar-refractivity contribution in [3.05, 3.63) is 72.8 Å². The topological polar surface area (TPSA) is 50.1 Å². The number of aromatic nitrogens is 1. The van der Waals surface area contributed by atoms with Crippen molar-refractivity contribution < 1.29 is 4.42 Å². The average Bonchev–Trinajstić information content (AvgIpc) is 3.03. The summed E-state index contributed by atoms with van der Waals surface area (Å²) in [4.78, 5) is 3.94. The van der Waals surface area contributed by atoms with Crippen LogP contribution < -0.4 is 10.9 Å². The van der Waals surface area contributed by atoms with Gasteiger partial charge in [0.2, 0.25) is 0 Å². The van der Waals surface area contributed by atoms with Gasteiger partial charge in [-0.05, 0) is 23.8 Å². The molecule has 0 aliphatic carbocycles. The number of hydrogen-bond acceptors (Lipinski definition) is 4. The monoisotopic (exact) mass is 265 g/mol. The number of para-hydroxylation sites is 1. The van der Waals surface area contributed by atoms with Gasteiger partial charge in [-0.15, -0.1) is 0 Å². The van der Waals surface area contributed by atoms with E-state index in [9.17, 15) is 0 Å². The van der Waals surface area contributed by atoms with Crippen LogP contribution in [0.3, 0.4) is 0 Å². The van der Waals surface area contributed by atoms with Gasteiger partial charge < -0.3 is 9.84 Å². The minimum atomic E-state index is 0.719. The molecule has 0 saturated heterocycles. The quantitative estimate of drug-likeness (QED) is 0.694. The second-order valence-electron chi connectivity index (χ2n) is 4.41. The Labute approximate surface area is 117 Å². The van der Waals surface area contributed by atoms with Gasteiger partial charge in [0, 0.05) is 17.8 Å². The summed E-state index contributed by atoms with van der Waals surface area (Å²) in [6.45, 7) is 0.719. The number of rotatable bonds is 5. The molecule has 0 atom stereocenters. The molecule has 1 aromatic heterocycles. The van der Waals surface area contributed by atoms with Gasteiger partial charge in [0.25, 0.3) is 0 Å². The molecule has 0 radical (unpaired) electrons. The highest BCUT2D eigenvalue weighted by atomic mass is 16.3. The molecule has 0 bridgehead atoms.